The van der Waals surface area contributed by atoms with Crippen LogP contribution in [-0.2, 0) is 21.3 Å². The first kappa shape index (κ1) is 17.7. The predicted octanol–water partition coefficient (Wildman–Crippen LogP) is 1.31. The van der Waals surface area contributed by atoms with E-state index >= 15 is 0 Å². The Balaban J connectivity index is 3.06. The van der Waals surface area contributed by atoms with Crippen LogP contribution in [0.3, 0.4) is 0 Å². The Kier molecular flexibility index (Phi) is 5.29. The second-order valence-electron chi connectivity index (χ2n) is 5.74. The number of hydrogen-bond acceptors (Lipinski definition) is 6. The number of methoxy groups -OCH3 is 1. The molecule has 0 bridgehead atoms. The Bertz CT molecular complexity index is 574. The molecule has 0 aliphatic heterocycles. The number of aryl methyl sites for hydroxylation is 1. The van der Waals surface area contributed by atoms with Crippen LogP contribution in [0.2, 0.25) is 0 Å². The van der Waals surface area contributed by atoms with Gasteiger partial charge in [-0.2, -0.15) is 5.10 Å². The van der Waals surface area contributed by atoms with Crippen LogP contribution in [-0.4, -0.2) is 52.8 Å². The molecule has 1 aromatic heterocycles. The van der Waals surface area contributed by atoms with E-state index in [0.29, 0.717) is 12.0 Å². The van der Waals surface area contributed by atoms with Gasteiger partial charge in [0.25, 0.3) is 0 Å². The highest BCUT2D eigenvalue weighted by Crippen LogP contribution is 2.21. The van der Waals surface area contributed by atoms with Gasteiger partial charge in [0.2, 0.25) is 0 Å². The lowest BCUT2D eigenvalue weighted by Crippen LogP contribution is -2.37. The Labute approximate surface area is 129 Å². The highest BCUT2D eigenvalue weighted by molar-refractivity contribution is 5.87. The summed E-state index contributed by atoms with van der Waals surface area (Å²) in [6, 6.07) is 0.483. The lowest BCUT2D eigenvalue weighted by Gasteiger charge is -2.27. The molecule has 1 unspecified atom stereocenters. The molecule has 0 N–H and O–H groups in total. The second-order valence-corrected chi connectivity index (χ2v) is 5.74. The predicted molar refractivity (Wildman–Crippen MR) is 77.3 cm³/mol. The Morgan fingerprint density at radius 2 is 2.00 bits per heavy atom. The third kappa shape index (κ3) is 4.06. The van der Waals surface area contributed by atoms with Gasteiger partial charge in [0.15, 0.2) is 5.69 Å². The number of ether oxygens (including phenoxy) is 2. The molecule has 1 aromatic rings. The molecular weight excluding hydrogens is 290 g/mol. The average Bonchev–Trinajstić information content (AvgIpc) is 2.79. The first-order valence-electron chi connectivity index (χ1n) is 6.64. The summed E-state index contributed by atoms with van der Waals surface area (Å²) >= 11 is 0. The average molecular weight is 311 g/mol. The molecule has 1 atom stereocenters. The molecule has 0 aromatic carbocycles. The molecule has 0 saturated heterocycles. The van der Waals surface area contributed by atoms with E-state index in [4.69, 9.17) is 4.74 Å². The van der Waals surface area contributed by atoms with E-state index < -0.39 is 23.7 Å². The fourth-order valence-electron chi connectivity index (χ4n) is 1.77. The fraction of sp³-hybridized carbons (Fsp3) is 0.571. The number of carbonyl (C=O) groups is 3. The number of aldehydes is 1. The Hall–Kier alpha value is -2.38. The summed E-state index contributed by atoms with van der Waals surface area (Å²) in [6.45, 7) is 5.19. The maximum atomic E-state index is 12.1. The first-order chi connectivity index (χ1) is 10.1. The van der Waals surface area contributed by atoms with Crippen molar-refractivity contribution in [1.29, 1.82) is 0 Å². The number of likely N-dealkylation sites (N-methyl/N-ethyl adjacent to an activating group) is 1. The third-order valence-electron chi connectivity index (χ3n) is 2.84. The quantitative estimate of drug-likeness (QED) is 0.615. The van der Waals surface area contributed by atoms with Crippen molar-refractivity contribution in [3.8, 4) is 0 Å². The summed E-state index contributed by atoms with van der Waals surface area (Å²) in [4.78, 5) is 36.1. The summed E-state index contributed by atoms with van der Waals surface area (Å²) < 4.78 is 11.2. The van der Waals surface area contributed by atoms with Crippen molar-refractivity contribution < 1.29 is 23.9 Å². The molecule has 122 valence electrons. The minimum atomic E-state index is -0.925. The van der Waals surface area contributed by atoms with E-state index in [-0.39, 0.29) is 5.69 Å². The maximum Gasteiger partial charge on any atom is 0.410 e. The van der Waals surface area contributed by atoms with Crippen LogP contribution in [0.5, 0.6) is 0 Å². The summed E-state index contributed by atoms with van der Waals surface area (Å²) in [5.41, 5.74) is -0.240. The van der Waals surface area contributed by atoms with E-state index in [2.05, 4.69) is 9.84 Å². The van der Waals surface area contributed by atoms with E-state index in [0.717, 1.165) is 4.90 Å². The van der Waals surface area contributed by atoms with E-state index in [1.54, 1.807) is 27.8 Å². The molecule has 0 aliphatic carbocycles. The Morgan fingerprint density at radius 1 is 1.41 bits per heavy atom. The second kappa shape index (κ2) is 6.59. The monoisotopic (exact) mass is 311 g/mol. The van der Waals surface area contributed by atoms with Crippen molar-refractivity contribution in [3.05, 3.63) is 17.5 Å². The van der Waals surface area contributed by atoms with Gasteiger partial charge < -0.3 is 14.3 Å². The minimum Gasteiger partial charge on any atom is -0.464 e. The molecule has 8 nitrogen and oxygen atoms in total. The maximum absolute atomic E-state index is 12.1. The van der Waals surface area contributed by atoms with Gasteiger partial charge in [-0.05, 0) is 26.8 Å². The van der Waals surface area contributed by atoms with Gasteiger partial charge >= 0.3 is 12.1 Å². The lowest BCUT2D eigenvalue weighted by atomic mass is 10.2. The van der Waals surface area contributed by atoms with Crippen molar-refractivity contribution in [1.82, 2.24) is 14.7 Å². The molecule has 22 heavy (non-hydrogen) atoms. The van der Waals surface area contributed by atoms with Crippen LogP contribution >= 0.6 is 0 Å². The van der Waals surface area contributed by atoms with Crippen molar-refractivity contribution in [2.45, 2.75) is 32.4 Å². The molecule has 1 amide bonds. The number of amides is 1. The Morgan fingerprint density at radius 3 is 2.45 bits per heavy atom. The van der Waals surface area contributed by atoms with E-state index in [1.807, 2.05) is 0 Å². The van der Waals surface area contributed by atoms with Crippen LogP contribution in [0.25, 0.3) is 0 Å². The van der Waals surface area contributed by atoms with Gasteiger partial charge in [-0.15, -0.1) is 0 Å². The number of hydrogen-bond donors (Lipinski definition) is 0. The van der Waals surface area contributed by atoms with Crippen molar-refractivity contribution in [2.75, 3.05) is 14.2 Å². The van der Waals surface area contributed by atoms with Crippen molar-refractivity contribution in [2.24, 2.45) is 7.05 Å². The minimum absolute atomic E-state index is 0.0597. The number of nitrogens with zero attached hydrogens (tertiary/aromatic N) is 3. The zero-order valence-corrected chi connectivity index (χ0v) is 13.6. The van der Waals surface area contributed by atoms with Crippen LogP contribution < -0.4 is 0 Å². The van der Waals surface area contributed by atoms with Crippen LogP contribution in [0.4, 0.5) is 4.79 Å². The number of carbonyl (C=O) groups excluding carboxylic acids is 3. The van der Waals surface area contributed by atoms with Crippen molar-refractivity contribution in [3.63, 3.8) is 0 Å². The summed E-state index contributed by atoms with van der Waals surface area (Å²) in [5, 5.41) is 3.97. The molecule has 8 heteroatoms. The summed E-state index contributed by atoms with van der Waals surface area (Å²) in [7, 11) is 4.25. The topological polar surface area (TPSA) is 90.7 Å². The number of esters is 1. The van der Waals surface area contributed by atoms with Gasteiger partial charge in [-0.25, -0.2) is 9.59 Å². The van der Waals surface area contributed by atoms with E-state index in [1.165, 1.54) is 24.9 Å². The molecule has 0 spiro atoms. The summed E-state index contributed by atoms with van der Waals surface area (Å²) in [6.07, 6.45) is -0.0625. The van der Waals surface area contributed by atoms with Gasteiger partial charge in [0, 0.05) is 14.1 Å². The SMILES string of the molecule is COC(=O)c1cc(C(C=O)N(C)C(=O)OC(C)(C)C)n(C)n1. The highest BCUT2D eigenvalue weighted by Gasteiger charge is 2.29. The smallest absolute Gasteiger partial charge is 0.410 e. The molecule has 0 radical (unpaired) electrons. The zero-order valence-electron chi connectivity index (χ0n) is 13.6. The van der Waals surface area contributed by atoms with Gasteiger partial charge in [-0.3, -0.25) is 9.58 Å². The molecule has 0 fully saturated rings. The van der Waals surface area contributed by atoms with Gasteiger partial charge in [0.1, 0.15) is 17.9 Å². The van der Waals surface area contributed by atoms with Gasteiger partial charge in [0.05, 0.1) is 12.8 Å². The standard InChI is InChI=1S/C14H21N3O5/c1-14(2,3)22-13(20)16(4)11(8-18)10-7-9(12(19)21-6)15-17(10)5/h7-8,11H,1-6H3. The molecule has 0 aliphatic rings. The first-order valence-corrected chi connectivity index (χ1v) is 6.64. The number of aromatic nitrogens is 2. The molecule has 1 rings (SSSR count). The summed E-state index contributed by atoms with van der Waals surface area (Å²) in [5.74, 6) is -0.619. The number of rotatable bonds is 4. The van der Waals surface area contributed by atoms with Crippen LogP contribution in [0.15, 0.2) is 6.07 Å². The van der Waals surface area contributed by atoms with E-state index in [9.17, 15) is 14.4 Å². The van der Waals surface area contributed by atoms with Crippen LogP contribution in [0, 0.1) is 0 Å². The van der Waals surface area contributed by atoms with Crippen LogP contribution in [0.1, 0.15) is 43.0 Å². The zero-order chi connectivity index (χ0) is 17.1. The highest BCUT2D eigenvalue weighted by atomic mass is 16.6. The lowest BCUT2D eigenvalue weighted by molar-refractivity contribution is -0.112. The molecule has 1 heterocycles. The third-order valence-corrected chi connectivity index (χ3v) is 2.84. The van der Waals surface area contributed by atoms with Gasteiger partial charge in [-0.1, -0.05) is 0 Å². The van der Waals surface area contributed by atoms with Crippen molar-refractivity contribution >= 4 is 18.3 Å². The largest absolute Gasteiger partial charge is 0.464 e. The fourth-order valence-corrected chi connectivity index (χ4v) is 1.77. The molecule has 0 saturated carbocycles. The normalized spacial score (nSPS) is 12.5. The molecular formula is C14H21N3O5.